The Kier molecular flexibility index (Phi) is 4.81. The Labute approximate surface area is 124 Å². The average molecular weight is 351 g/mol. The lowest BCUT2D eigenvalue weighted by Gasteiger charge is -2.20. The number of hydrogen-bond donors (Lipinski definition) is 2. The van der Waals surface area contributed by atoms with Gasteiger partial charge in [-0.05, 0) is 48.8 Å². The molecule has 1 rings (SSSR count). The summed E-state index contributed by atoms with van der Waals surface area (Å²) in [5.41, 5.74) is -0.350. The number of anilines is 1. The number of ether oxygens (including phenoxy) is 1. The van der Waals surface area contributed by atoms with Crippen molar-refractivity contribution in [3.63, 3.8) is 0 Å². The zero-order valence-electron chi connectivity index (χ0n) is 10.6. The third kappa shape index (κ3) is 4.72. The molecule has 1 aromatic carbocycles. The predicted octanol–water partition coefficient (Wildman–Crippen LogP) is 4.15. The van der Waals surface area contributed by atoms with Gasteiger partial charge in [-0.1, -0.05) is 11.6 Å². The van der Waals surface area contributed by atoms with Gasteiger partial charge in [0, 0.05) is 4.47 Å². The first kappa shape index (κ1) is 15.8. The van der Waals surface area contributed by atoms with Crippen molar-refractivity contribution in [2.75, 3.05) is 5.32 Å². The molecule has 0 heterocycles. The Morgan fingerprint density at radius 3 is 2.37 bits per heavy atom. The second kappa shape index (κ2) is 5.79. The van der Waals surface area contributed by atoms with E-state index in [4.69, 9.17) is 21.4 Å². The number of carboxylic acids is 1. The van der Waals surface area contributed by atoms with Crippen molar-refractivity contribution >= 4 is 45.3 Å². The highest BCUT2D eigenvalue weighted by molar-refractivity contribution is 9.10. The number of amides is 1. The van der Waals surface area contributed by atoms with Gasteiger partial charge in [0.25, 0.3) is 0 Å². The second-order valence-electron chi connectivity index (χ2n) is 4.75. The van der Waals surface area contributed by atoms with Crippen molar-refractivity contribution < 1.29 is 19.4 Å². The molecule has 0 aliphatic heterocycles. The molecule has 19 heavy (non-hydrogen) atoms. The fourth-order valence-electron chi connectivity index (χ4n) is 1.22. The van der Waals surface area contributed by atoms with Crippen molar-refractivity contribution in [1.82, 2.24) is 0 Å². The van der Waals surface area contributed by atoms with Crippen LogP contribution in [0.2, 0.25) is 5.02 Å². The van der Waals surface area contributed by atoms with Gasteiger partial charge >= 0.3 is 12.1 Å². The van der Waals surface area contributed by atoms with Crippen LogP contribution >= 0.6 is 27.5 Å². The first-order chi connectivity index (χ1) is 8.60. The molecule has 5 nitrogen and oxygen atoms in total. The minimum absolute atomic E-state index is 0.0200. The summed E-state index contributed by atoms with van der Waals surface area (Å²) in [7, 11) is 0. The number of carboxylic acid groups (broad SMARTS) is 1. The minimum atomic E-state index is -1.11. The highest BCUT2D eigenvalue weighted by Crippen LogP contribution is 2.32. The van der Waals surface area contributed by atoms with E-state index in [-0.39, 0.29) is 16.3 Å². The summed E-state index contributed by atoms with van der Waals surface area (Å²) in [6, 6.07) is 2.60. The van der Waals surface area contributed by atoms with Gasteiger partial charge in [-0.15, -0.1) is 0 Å². The van der Waals surface area contributed by atoms with Gasteiger partial charge in [0.05, 0.1) is 16.3 Å². The summed E-state index contributed by atoms with van der Waals surface area (Å²) in [6.07, 6.45) is -0.668. The van der Waals surface area contributed by atoms with Gasteiger partial charge in [0.1, 0.15) is 5.60 Å². The molecule has 1 aromatic rings. The van der Waals surface area contributed by atoms with E-state index in [1.165, 1.54) is 12.1 Å². The number of nitrogens with one attached hydrogen (secondary N) is 1. The number of carbonyl (C=O) groups excluding carboxylic acids is 1. The van der Waals surface area contributed by atoms with Crippen LogP contribution in [-0.2, 0) is 4.74 Å². The predicted molar refractivity (Wildman–Crippen MR) is 76.0 cm³/mol. The summed E-state index contributed by atoms with van der Waals surface area (Å²) >= 11 is 9.09. The zero-order valence-corrected chi connectivity index (χ0v) is 12.9. The van der Waals surface area contributed by atoms with Gasteiger partial charge in [0.2, 0.25) is 0 Å². The summed E-state index contributed by atoms with van der Waals surface area (Å²) in [5, 5.41) is 11.4. The van der Waals surface area contributed by atoms with Gasteiger partial charge in [0.15, 0.2) is 0 Å². The van der Waals surface area contributed by atoms with Crippen LogP contribution in [-0.4, -0.2) is 22.8 Å². The Morgan fingerprint density at radius 1 is 1.37 bits per heavy atom. The van der Waals surface area contributed by atoms with Gasteiger partial charge in [-0.2, -0.15) is 0 Å². The summed E-state index contributed by atoms with van der Waals surface area (Å²) in [6.45, 7) is 5.20. The van der Waals surface area contributed by atoms with Crippen molar-refractivity contribution in [2.45, 2.75) is 26.4 Å². The molecule has 0 saturated heterocycles. The van der Waals surface area contributed by atoms with Gasteiger partial charge in [-0.3, -0.25) is 5.32 Å². The van der Waals surface area contributed by atoms with E-state index < -0.39 is 17.7 Å². The van der Waals surface area contributed by atoms with Crippen LogP contribution in [0.25, 0.3) is 0 Å². The van der Waals surface area contributed by atoms with Gasteiger partial charge in [-0.25, -0.2) is 9.59 Å². The summed E-state index contributed by atoms with van der Waals surface area (Å²) < 4.78 is 5.45. The Bertz CT molecular complexity index is 502. The molecule has 0 fully saturated rings. The van der Waals surface area contributed by atoms with Crippen LogP contribution < -0.4 is 5.32 Å². The van der Waals surface area contributed by atoms with E-state index in [9.17, 15) is 9.59 Å². The molecule has 104 valence electrons. The highest BCUT2D eigenvalue weighted by Gasteiger charge is 2.19. The van der Waals surface area contributed by atoms with E-state index in [0.29, 0.717) is 4.47 Å². The molecule has 0 bridgehead atoms. The number of hydrogen-bond acceptors (Lipinski definition) is 3. The molecule has 0 aliphatic carbocycles. The molecule has 0 radical (unpaired) electrons. The van der Waals surface area contributed by atoms with Crippen molar-refractivity contribution in [2.24, 2.45) is 0 Å². The third-order valence-corrected chi connectivity index (χ3v) is 2.84. The Balaban J connectivity index is 2.97. The smallest absolute Gasteiger partial charge is 0.412 e. The van der Waals surface area contributed by atoms with Gasteiger partial charge < -0.3 is 9.84 Å². The quantitative estimate of drug-likeness (QED) is 0.840. The molecule has 0 spiro atoms. The Morgan fingerprint density at radius 2 is 1.95 bits per heavy atom. The topological polar surface area (TPSA) is 75.6 Å². The molecule has 0 unspecified atom stereocenters. The lowest BCUT2D eigenvalue weighted by atomic mass is 10.2. The van der Waals surface area contributed by atoms with Crippen molar-refractivity contribution in [3.8, 4) is 0 Å². The fraction of sp³-hybridized carbons (Fsp3) is 0.333. The molecule has 1 amide bonds. The molecule has 0 aliphatic rings. The fourth-order valence-corrected chi connectivity index (χ4v) is 2.16. The van der Waals surface area contributed by atoms with Crippen LogP contribution in [0.15, 0.2) is 16.6 Å². The van der Waals surface area contributed by atoms with Crippen LogP contribution in [0.1, 0.15) is 31.1 Å². The molecule has 7 heteroatoms. The van der Waals surface area contributed by atoms with E-state index >= 15 is 0 Å². The average Bonchev–Trinajstić information content (AvgIpc) is 2.20. The lowest BCUT2D eigenvalue weighted by Crippen LogP contribution is -2.27. The largest absolute Gasteiger partial charge is 0.478 e. The van der Waals surface area contributed by atoms with E-state index in [0.717, 1.165) is 0 Å². The number of carbonyl (C=O) groups is 2. The standard InChI is InChI=1S/C12H13BrClNO4/c1-12(2,3)19-11(18)15-9-7(13)4-6(10(16)17)5-8(9)14/h4-5H,1-3H3,(H,15,18)(H,16,17). The van der Waals surface area contributed by atoms with Crippen LogP contribution in [0.3, 0.4) is 0 Å². The van der Waals surface area contributed by atoms with Crippen molar-refractivity contribution in [3.05, 3.63) is 27.2 Å². The summed E-state index contributed by atoms with van der Waals surface area (Å²) in [4.78, 5) is 22.5. The molecule has 0 saturated carbocycles. The minimum Gasteiger partial charge on any atom is -0.478 e. The van der Waals surface area contributed by atoms with E-state index in [1.54, 1.807) is 20.8 Å². The second-order valence-corrected chi connectivity index (χ2v) is 6.01. The monoisotopic (exact) mass is 349 g/mol. The molecule has 2 N–H and O–H groups in total. The van der Waals surface area contributed by atoms with Crippen LogP contribution in [0, 0.1) is 0 Å². The lowest BCUT2D eigenvalue weighted by molar-refractivity contribution is 0.0634. The molecular weight excluding hydrogens is 337 g/mol. The Hall–Kier alpha value is -1.27. The molecule has 0 atom stereocenters. The number of halogens is 2. The van der Waals surface area contributed by atoms with E-state index in [1.807, 2.05) is 0 Å². The zero-order chi connectivity index (χ0) is 14.8. The first-order valence-electron chi connectivity index (χ1n) is 5.32. The normalized spacial score (nSPS) is 11.0. The third-order valence-electron chi connectivity index (χ3n) is 1.92. The maximum atomic E-state index is 11.6. The first-order valence-corrected chi connectivity index (χ1v) is 6.49. The van der Waals surface area contributed by atoms with Crippen LogP contribution in [0.4, 0.5) is 10.5 Å². The number of benzene rings is 1. The SMILES string of the molecule is CC(C)(C)OC(=O)Nc1c(Cl)cc(C(=O)O)cc1Br. The number of rotatable bonds is 2. The van der Waals surface area contributed by atoms with Crippen LogP contribution in [0.5, 0.6) is 0 Å². The van der Waals surface area contributed by atoms with Crippen molar-refractivity contribution in [1.29, 1.82) is 0 Å². The maximum absolute atomic E-state index is 11.6. The molecule has 0 aromatic heterocycles. The summed E-state index contributed by atoms with van der Waals surface area (Å²) in [5.74, 6) is -1.11. The number of aromatic carboxylic acids is 1. The van der Waals surface area contributed by atoms with E-state index in [2.05, 4.69) is 21.2 Å². The molecular formula is C12H13BrClNO4. The highest BCUT2D eigenvalue weighted by atomic mass is 79.9. The maximum Gasteiger partial charge on any atom is 0.412 e.